The standard InChI is InChI=1S/C20H16N2O2S/c1-13-16(15-10-6-7-11-17(15)21(13)2)12-18-19(23)22(20(24)25-18)14-8-4-3-5-9-14/h3-12H,1-2H3/b18-12-. The molecule has 1 saturated heterocycles. The van der Waals surface area contributed by atoms with Crippen molar-refractivity contribution in [1.29, 1.82) is 0 Å². The second-order valence-electron chi connectivity index (χ2n) is 5.93. The van der Waals surface area contributed by atoms with Crippen LogP contribution in [0.25, 0.3) is 17.0 Å². The Bertz CT molecular complexity index is 1030. The Morgan fingerprint density at radius 3 is 2.40 bits per heavy atom. The van der Waals surface area contributed by atoms with E-state index in [1.165, 1.54) is 4.90 Å². The third-order valence-corrected chi connectivity index (χ3v) is 5.40. The number of rotatable bonds is 2. The van der Waals surface area contributed by atoms with Crippen molar-refractivity contribution >= 4 is 45.6 Å². The zero-order chi connectivity index (χ0) is 17.6. The summed E-state index contributed by atoms with van der Waals surface area (Å²) in [4.78, 5) is 26.8. The lowest BCUT2D eigenvalue weighted by molar-refractivity contribution is -0.113. The molecule has 124 valence electrons. The number of imide groups is 1. The summed E-state index contributed by atoms with van der Waals surface area (Å²) >= 11 is 0.987. The smallest absolute Gasteiger partial charge is 0.298 e. The molecule has 2 aromatic carbocycles. The lowest BCUT2D eigenvalue weighted by Gasteiger charge is -2.11. The number of aromatic nitrogens is 1. The van der Waals surface area contributed by atoms with Crippen molar-refractivity contribution in [2.24, 2.45) is 7.05 Å². The van der Waals surface area contributed by atoms with Crippen molar-refractivity contribution in [3.05, 3.63) is 70.8 Å². The normalized spacial score (nSPS) is 16.4. The molecular formula is C20H16N2O2S. The molecule has 0 N–H and O–H groups in total. The molecule has 1 fully saturated rings. The summed E-state index contributed by atoms with van der Waals surface area (Å²) in [6.07, 6.45) is 1.84. The van der Waals surface area contributed by atoms with Crippen LogP contribution >= 0.6 is 11.8 Å². The summed E-state index contributed by atoms with van der Waals surface area (Å²) in [5.41, 5.74) is 3.75. The van der Waals surface area contributed by atoms with E-state index in [1.807, 2.05) is 56.4 Å². The van der Waals surface area contributed by atoms with Gasteiger partial charge in [-0.05, 0) is 43.0 Å². The number of carbonyl (C=O) groups is 2. The van der Waals surface area contributed by atoms with Crippen LogP contribution in [0.2, 0.25) is 0 Å². The first kappa shape index (κ1) is 15.7. The van der Waals surface area contributed by atoms with Gasteiger partial charge in [-0.1, -0.05) is 36.4 Å². The van der Waals surface area contributed by atoms with E-state index in [2.05, 4.69) is 10.6 Å². The van der Waals surface area contributed by atoms with Crippen LogP contribution < -0.4 is 4.90 Å². The first-order chi connectivity index (χ1) is 12.1. The van der Waals surface area contributed by atoms with Gasteiger partial charge in [0.05, 0.1) is 10.6 Å². The van der Waals surface area contributed by atoms with Crippen molar-refractivity contribution in [3.63, 3.8) is 0 Å². The van der Waals surface area contributed by atoms with Crippen molar-refractivity contribution in [3.8, 4) is 0 Å². The monoisotopic (exact) mass is 348 g/mol. The third kappa shape index (κ3) is 2.48. The summed E-state index contributed by atoms with van der Waals surface area (Å²) in [5.74, 6) is -0.270. The second-order valence-corrected chi connectivity index (χ2v) is 6.92. The van der Waals surface area contributed by atoms with Crippen LogP contribution in [0.1, 0.15) is 11.3 Å². The predicted molar refractivity (Wildman–Crippen MR) is 103 cm³/mol. The summed E-state index contributed by atoms with van der Waals surface area (Å²) in [5, 5.41) is 0.814. The Morgan fingerprint density at radius 1 is 0.960 bits per heavy atom. The Morgan fingerprint density at radius 2 is 1.64 bits per heavy atom. The Kier molecular flexibility index (Phi) is 3.73. The minimum Gasteiger partial charge on any atom is -0.347 e. The fraction of sp³-hybridized carbons (Fsp3) is 0.100. The molecular weight excluding hydrogens is 332 g/mol. The van der Waals surface area contributed by atoms with Crippen LogP contribution in [-0.4, -0.2) is 15.7 Å². The molecule has 0 unspecified atom stereocenters. The van der Waals surface area contributed by atoms with Gasteiger partial charge in [-0.3, -0.25) is 9.59 Å². The van der Waals surface area contributed by atoms with Gasteiger partial charge < -0.3 is 4.57 Å². The van der Waals surface area contributed by atoms with E-state index in [0.717, 1.165) is 33.9 Å². The summed E-state index contributed by atoms with van der Waals surface area (Å²) in [6, 6.07) is 17.1. The van der Waals surface area contributed by atoms with Crippen LogP contribution in [0.15, 0.2) is 59.5 Å². The van der Waals surface area contributed by atoms with Crippen LogP contribution in [0.3, 0.4) is 0 Å². The fourth-order valence-corrected chi connectivity index (χ4v) is 3.95. The number of aryl methyl sites for hydroxylation is 1. The minimum absolute atomic E-state index is 0.264. The number of thioether (sulfide) groups is 1. The van der Waals surface area contributed by atoms with Crippen LogP contribution in [0.4, 0.5) is 10.5 Å². The number of benzene rings is 2. The molecule has 3 aromatic rings. The van der Waals surface area contributed by atoms with Gasteiger partial charge in [0.15, 0.2) is 0 Å². The van der Waals surface area contributed by atoms with Gasteiger partial charge in [-0.15, -0.1) is 0 Å². The SMILES string of the molecule is Cc1c(/C=C2\SC(=O)N(c3ccccc3)C2=O)c2ccccc2n1C. The predicted octanol–water partition coefficient (Wildman–Crippen LogP) is 4.73. The number of carbonyl (C=O) groups excluding carboxylic acids is 2. The Labute approximate surface area is 149 Å². The van der Waals surface area contributed by atoms with E-state index in [9.17, 15) is 9.59 Å². The highest BCUT2D eigenvalue weighted by Gasteiger charge is 2.36. The topological polar surface area (TPSA) is 42.3 Å². The van der Waals surface area contributed by atoms with Gasteiger partial charge in [-0.2, -0.15) is 0 Å². The molecule has 4 nitrogen and oxygen atoms in total. The summed E-state index contributed by atoms with van der Waals surface area (Å²) in [6.45, 7) is 2.02. The van der Waals surface area contributed by atoms with Gasteiger partial charge in [0.1, 0.15) is 0 Å². The number of hydrogen-bond acceptors (Lipinski definition) is 3. The average Bonchev–Trinajstić information content (AvgIpc) is 3.04. The molecule has 0 saturated carbocycles. The minimum atomic E-state index is -0.270. The van der Waals surface area contributed by atoms with E-state index in [-0.39, 0.29) is 11.1 Å². The van der Waals surface area contributed by atoms with Crippen molar-refractivity contribution in [2.75, 3.05) is 4.90 Å². The second kappa shape index (κ2) is 5.93. The molecule has 2 amide bonds. The lowest BCUT2D eigenvalue weighted by atomic mass is 10.1. The molecule has 4 rings (SSSR count). The molecule has 0 radical (unpaired) electrons. The molecule has 0 spiro atoms. The first-order valence-corrected chi connectivity index (χ1v) is 8.76. The van der Waals surface area contributed by atoms with E-state index in [4.69, 9.17) is 0 Å². The molecule has 1 aliphatic heterocycles. The van der Waals surface area contributed by atoms with Gasteiger partial charge >= 0.3 is 0 Å². The zero-order valence-electron chi connectivity index (χ0n) is 13.9. The molecule has 0 bridgehead atoms. The number of para-hydroxylation sites is 2. The number of anilines is 1. The van der Waals surface area contributed by atoms with E-state index >= 15 is 0 Å². The molecule has 0 atom stereocenters. The average molecular weight is 348 g/mol. The van der Waals surface area contributed by atoms with Crippen molar-refractivity contribution in [2.45, 2.75) is 6.92 Å². The van der Waals surface area contributed by atoms with Gasteiger partial charge in [0, 0.05) is 29.2 Å². The number of nitrogens with zero attached hydrogens (tertiary/aromatic N) is 2. The Balaban J connectivity index is 1.80. The quantitative estimate of drug-likeness (QED) is 0.629. The van der Waals surface area contributed by atoms with Crippen LogP contribution in [0, 0.1) is 6.92 Å². The van der Waals surface area contributed by atoms with Crippen molar-refractivity contribution in [1.82, 2.24) is 4.57 Å². The number of amides is 2. The first-order valence-electron chi connectivity index (χ1n) is 7.95. The highest BCUT2D eigenvalue weighted by Crippen LogP contribution is 2.37. The third-order valence-electron chi connectivity index (χ3n) is 4.53. The molecule has 5 heteroatoms. The van der Waals surface area contributed by atoms with Crippen LogP contribution in [0.5, 0.6) is 0 Å². The van der Waals surface area contributed by atoms with Crippen LogP contribution in [-0.2, 0) is 11.8 Å². The van der Waals surface area contributed by atoms with Gasteiger partial charge in [0.25, 0.3) is 11.1 Å². The molecule has 0 aliphatic carbocycles. The maximum atomic E-state index is 12.8. The summed E-state index contributed by atoms with van der Waals surface area (Å²) in [7, 11) is 2.00. The molecule has 2 heterocycles. The van der Waals surface area contributed by atoms with E-state index in [1.54, 1.807) is 12.1 Å². The lowest BCUT2D eigenvalue weighted by Crippen LogP contribution is -2.27. The fourth-order valence-electron chi connectivity index (χ4n) is 3.13. The van der Waals surface area contributed by atoms with Crippen molar-refractivity contribution < 1.29 is 9.59 Å². The summed E-state index contributed by atoms with van der Waals surface area (Å²) < 4.78 is 2.10. The number of fused-ring (bicyclic) bond motifs is 1. The Hall–Kier alpha value is -2.79. The molecule has 25 heavy (non-hydrogen) atoms. The maximum absolute atomic E-state index is 12.8. The highest BCUT2D eigenvalue weighted by atomic mass is 32.2. The van der Waals surface area contributed by atoms with E-state index < -0.39 is 0 Å². The number of hydrogen-bond donors (Lipinski definition) is 0. The van der Waals surface area contributed by atoms with Gasteiger partial charge in [0.2, 0.25) is 0 Å². The molecule has 1 aliphatic rings. The highest BCUT2D eigenvalue weighted by molar-refractivity contribution is 8.19. The van der Waals surface area contributed by atoms with E-state index in [0.29, 0.717) is 10.6 Å². The van der Waals surface area contributed by atoms with Gasteiger partial charge in [-0.25, -0.2) is 4.90 Å². The maximum Gasteiger partial charge on any atom is 0.298 e. The largest absolute Gasteiger partial charge is 0.347 e. The molecule has 1 aromatic heterocycles. The zero-order valence-corrected chi connectivity index (χ0v) is 14.7.